The molecule has 1 saturated heterocycles. The van der Waals surface area contributed by atoms with Crippen LogP contribution < -0.4 is 0 Å². The van der Waals surface area contributed by atoms with E-state index in [1.54, 1.807) is 0 Å². The van der Waals surface area contributed by atoms with Crippen LogP contribution in [0.15, 0.2) is 60.7 Å². The Kier molecular flexibility index (Phi) is 6.09. The van der Waals surface area contributed by atoms with Gasteiger partial charge in [-0.2, -0.15) is 0 Å². The SMILES string of the molecule is c1ccc(COCC2[Se]CCC2OCc2ccccc2)cc1. The van der Waals surface area contributed by atoms with Crippen LogP contribution in [0.25, 0.3) is 0 Å². The Bertz CT molecular complexity index is 544. The summed E-state index contributed by atoms with van der Waals surface area (Å²) in [6.07, 6.45) is 1.56. The van der Waals surface area contributed by atoms with Gasteiger partial charge in [0.1, 0.15) is 0 Å². The molecule has 2 nitrogen and oxygen atoms in total. The van der Waals surface area contributed by atoms with Crippen LogP contribution in [0.4, 0.5) is 0 Å². The average molecular weight is 361 g/mol. The Morgan fingerprint density at radius 1 is 0.864 bits per heavy atom. The predicted molar refractivity (Wildman–Crippen MR) is 90.0 cm³/mol. The van der Waals surface area contributed by atoms with Crippen LogP contribution in [-0.2, 0) is 22.7 Å². The molecule has 22 heavy (non-hydrogen) atoms. The summed E-state index contributed by atoms with van der Waals surface area (Å²) in [5.74, 6) is 0. The Hall–Kier alpha value is -1.12. The van der Waals surface area contributed by atoms with Gasteiger partial charge in [-0.15, -0.1) is 0 Å². The van der Waals surface area contributed by atoms with Crippen LogP contribution in [0.3, 0.4) is 0 Å². The quantitative estimate of drug-likeness (QED) is 0.691. The van der Waals surface area contributed by atoms with Crippen molar-refractivity contribution in [2.45, 2.75) is 35.9 Å². The molecule has 0 saturated carbocycles. The van der Waals surface area contributed by atoms with Gasteiger partial charge < -0.3 is 0 Å². The maximum absolute atomic E-state index is 6.14. The molecule has 1 aliphatic heterocycles. The molecule has 2 unspecified atom stereocenters. The second kappa shape index (κ2) is 8.50. The van der Waals surface area contributed by atoms with E-state index in [1.165, 1.54) is 22.9 Å². The van der Waals surface area contributed by atoms with Crippen LogP contribution in [0, 0.1) is 0 Å². The van der Waals surface area contributed by atoms with E-state index in [0.717, 1.165) is 13.2 Å². The second-order valence-corrected chi connectivity index (χ2v) is 8.36. The fraction of sp³-hybridized carbons (Fsp3) is 0.368. The number of ether oxygens (including phenoxy) is 2. The third-order valence-corrected chi connectivity index (χ3v) is 6.66. The van der Waals surface area contributed by atoms with Crippen molar-refractivity contribution in [3.05, 3.63) is 71.8 Å². The molecule has 0 amide bonds. The molecule has 0 bridgehead atoms. The Balaban J connectivity index is 1.42. The summed E-state index contributed by atoms with van der Waals surface area (Å²) in [5.41, 5.74) is 2.50. The van der Waals surface area contributed by atoms with E-state index in [2.05, 4.69) is 48.5 Å². The van der Waals surface area contributed by atoms with E-state index in [1.807, 2.05) is 12.1 Å². The zero-order valence-corrected chi connectivity index (χ0v) is 14.4. The monoisotopic (exact) mass is 362 g/mol. The van der Waals surface area contributed by atoms with E-state index in [4.69, 9.17) is 9.47 Å². The van der Waals surface area contributed by atoms with Crippen molar-refractivity contribution in [2.24, 2.45) is 0 Å². The van der Waals surface area contributed by atoms with Gasteiger partial charge in [0, 0.05) is 0 Å². The van der Waals surface area contributed by atoms with Crippen LogP contribution in [-0.4, -0.2) is 27.7 Å². The van der Waals surface area contributed by atoms with Gasteiger partial charge >= 0.3 is 139 Å². The van der Waals surface area contributed by atoms with Gasteiger partial charge in [0.05, 0.1) is 0 Å². The molecule has 2 aromatic carbocycles. The molecule has 3 rings (SSSR count). The molecule has 1 heterocycles. The molecule has 2 aromatic rings. The summed E-state index contributed by atoms with van der Waals surface area (Å²) in [4.78, 5) is 0.597. The van der Waals surface area contributed by atoms with E-state index in [0.29, 0.717) is 32.5 Å². The van der Waals surface area contributed by atoms with Crippen molar-refractivity contribution in [1.29, 1.82) is 0 Å². The first-order valence-electron chi connectivity index (χ1n) is 7.80. The zero-order chi connectivity index (χ0) is 15.0. The Morgan fingerprint density at radius 2 is 1.50 bits per heavy atom. The minimum atomic E-state index is 0.371. The van der Waals surface area contributed by atoms with E-state index >= 15 is 0 Å². The van der Waals surface area contributed by atoms with E-state index in [-0.39, 0.29) is 0 Å². The molecule has 0 aromatic heterocycles. The number of hydrogen-bond acceptors (Lipinski definition) is 2. The molecule has 2 atom stereocenters. The first-order valence-corrected chi connectivity index (χ1v) is 10.0. The van der Waals surface area contributed by atoms with Gasteiger partial charge in [0.25, 0.3) is 0 Å². The topological polar surface area (TPSA) is 18.5 Å². The molecule has 1 fully saturated rings. The molecule has 0 spiro atoms. The number of rotatable bonds is 7. The average Bonchev–Trinajstić information content (AvgIpc) is 3.02. The van der Waals surface area contributed by atoms with Gasteiger partial charge in [-0.3, -0.25) is 0 Å². The molecule has 0 radical (unpaired) electrons. The Labute approximate surface area is 139 Å². The minimum absolute atomic E-state index is 0.371. The first kappa shape index (κ1) is 15.8. The summed E-state index contributed by atoms with van der Waals surface area (Å²) in [5, 5.41) is 1.31. The van der Waals surface area contributed by atoms with Crippen molar-refractivity contribution >= 4 is 15.0 Å². The van der Waals surface area contributed by atoms with Crippen molar-refractivity contribution in [3.63, 3.8) is 0 Å². The normalized spacial score (nSPS) is 21.1. The van der Waals surface area contributed by atoms with Crippen molar-refractivity contribution in [2.75, 3.05) is 6.61 Å². The molecule has 3 heteroatoms. The van der Waals surface area contributed by atoms with Crippen LogP contribution in [0.2, 0.25) is 10.1 Å². The Morgan fingerprint density at radius 3 is 2.18 bits per heavy atom. The van der Waals surface area contributed by atoms with Gasteiger partial charge in [0.2, 0.25) is 0 Å². The van der Waals surface area contributed by atoms with Crippen LogP contribution in [0.1, 0.15) is 17.5 Å². The van der Waals surface area contributed by atoms with Gasteiger partial charge in [-0.1, -0.05) is 0 Å². The van der Waals surface area contributed by atoms with Crippen molar-refractivity contribution in [3.8, 4) is 0 Å². The van der Waals surface area contributed by atoms with Gasteiger partial charge in [-0.25, -0.2) is 0 Å². The van der Waals surface area contributed by atoms with E-state index in [9.17, 15) is 0 Å². The first-order chi connectivity index (χ1) is 10.9. The molecule has 0 N–H and O–H groups in total. The third kappa shape index (κ3) is 4.69. The molecular weight excluding hydrogens is 339 g/mol. The standard InChI is InChI=1S/C19H22O2Se/c1-3-7-16(8-4-1)13-20-15-19-18(11-12-22-19)21-14-17-9-5-2-6-10-17/h1-10,18-19H,11-15H2. The summed E-state index contributed by atoms with van der Waals surface area (Å²) in [6.45, 7) is 2.25. The summed E-state index contributed by atoms with van der Waals surface area (Å²) in [6, 6.07) is 20.8. The zero-order valence-electron chi connectivity index (χ0n) is 12.7. The fourth-order valence-electron chi connectivity index (χ4n) is 2.62. The summed E-state index contributed by atoms with van der Waals surface area (Å²) in [7, 11) is 0. The second-order valence-electron chi connectivity index (χ2n) is 5.53. The number of benzene rings is 2. The van der Waals surface area contributed by atoms with Gasteiger partial charge in [-0.05, 0) is 0 Å². The van der Waals surface area contributed by atoms with E-state index < -0.39 is 0 Å². The predicted octanol–water partition coefficient (Wildman–Crippen LogP) is 4.10. The maximum atomic E-state index is 6.14. The van der Waals surface area contributed by atoms with Gasteiger partial charge in [0.15, 0.2) is 0 Å². The van der Waals surface area contributed by atoms with Crippen molar-refractivity contribution in [1.82, 2.24) is 0 Å². The third-order valence-electron chi connectivity index (χ3n) is 3.85. The molecule has 1 aliphatic rings. The van der Waals surface area contributed by atoms with Crippen molar-refractivity contribution < 1.29 is 9.47 Å². The summed E-state index contributed by atoms with van der Waals surface area (Å²) < 4.78 is 12.1. The van der Waals surface area contributed by atoms with Crippen LogP contribution >= 0.6 is 0 Å². The number of hydrogen-bond donors (Lipinski definition) is 0. The summed E-state index contributed by atoms with van der Waals surface area (Å²) >= 11 is 0.651. The fourth-order valence-corrected chi connectivity index (χ4v) is 5.33. The molecule has 116 valence electrons. The molecular formula is C19H22O2Se. The van der Waals surface area contributed by atoms with Crippen LogP contribution in [0.5, 0.6) is 0 Å². The molecule has 0 aliphatic carbocycles.